The van der Waals surface area contributed by atoms with Crippen LogP contribution in [0.3, 0.4) is 0 Å². The lowest BCUT2D eigenvalue weighted by atomic mass is 9.99. The van der Waals surface area contributed by atoms with Crippen LogP contribution in [-0.2, 0) is 20.5 Å². The van der Waals surface area contributed by atoms with E-state index >= 15 is 0 Å². The molecule has 2 aromatic heterocycles. The molecule has 0 saturated carbocycles. The Bertz CT molecular complexity index is 1170. The fraction of sp³-hybridized carbons (Fsp3) is 0.680. The lowest BCUT2D eigenvalue weighted by molar-refractivity contribution is -0.130. The molecule has 12 heteroatoms. The van der Waals surface area contributed by atoms with E-state index in [1.165, 1.54) is 21.0 Å². The second-order valence-electron chi connectivity index (χ2n) is 9.76. The van der Waals surface area contributed by atoms with E-state index in [-0.39, 0.29) is 54.8 Å². The van der Waals surface area contributed by atoms with Crippen LogP contribution >= 0.6 is 0 Å². The Labute approximate surface area is 219 Å². The largest absolute Gasteiger partial charge is 0.454 e. The van der Waals surface area contributed by atoms with Crippen LogP contribution in [-0.4, -0.2) is 64.2 Å². The summed E-state index contributed by atoms with van der Waals surface area (Å²) in [4.78, 5) is 35.7. The molecule has 1 aliphatic heterocycles. The Morgan fingerprint density at radius 3 is 2.43 bits per heavy atom. The average Bonchev–Trinajstić information content (AvgIpc) is 3.33. The molecule has 2 aromatic rings. The van der Waals surface area contributed by atoms with Crippen molar-refractivity contribution in [3.05, 3.63) is 23.1 Å². The van der Waals surface area contributed by atoms with Gasteiger partial charge in [-0.25, -0.2) is 9.36 Å². The number of allylic oxidation sites excluding steroid dienone is 1. The molecule has 4 atom stereocenters. The number of ether oxygens (including phenoxy) is 2. The van der Waals surface area contributed by atoms with Gasteiger partial charge in [0.15, 0.2) is 32.4 Å². The maximum Gasteiger partial charge on any atom is 0.333 e. The summed E-state index contributed by atoms with van der Waals surface area (Å²) in [5, 5.41) is 0. The number of amides is 1. The van der Waals surface area contributed by atoms with Crippen molar-refractivity contribution >= 4 is 31.3 Å². The number of nitrogens with two attached hydrogens (primary N) is 1. The zero-order valence-electron chi connectivity index (χ0n) is 23.2. The number of aromatic nitrogens is 4. The topological polar surface area (TPSA) is 127 Å². The van der Waals surface area contributed by atoms with Crippen LogP contribution in [0.15, 0.2) is 17.4 Å². The maximum absolute atomic E-state index is 13.9. The van der Waals surface area contributed by atoms with Crippen LogP contribution in [0.4, 0.5) is 5.95 Å². The van der Waals surface area contributed by atoms with Crippen molar-refractivity contribution in [1.29, 1.82) is 0 Å². The highest BCUT2D eigenvalue weighted by Gasteiger charge is 2.48. The fourth-order valence-corrected chi connectivity index (χ4v) is 7.93. The van der Waals surface area contributed by atoms with Crippen molar-refractivity contribution < 1.29 is 18.7 Å². The zero-order chi connectivity index (χ0) is 27.5. The van der Waals surface area contributed by atoms with Gasteiger partial charge in [-0.1, -0.05) is 40.7 Å². The minimum Gasteiger partial charge on any atom is -0.454 e. The van der Waals surface area contributed by atoms with Crippen molar-refractivity contribution in [2.75, 3.05) is 19.5 Å². The lowest BCUT2D eigenvalue weighted by Crippen LogP contribution is -2.45. The van der Waals surface area contributed by atoms with Crippen molar-refractivity contribution in [3.63, 3.8) is 0 Å². The third-order valence-corrected chi connectivity index (χ3v) is 12.3. The molecule has 0 bridgehead atoms. The highest BCUT2D eigenvalue weighted by molar-refractivity contribution is 6.73. The second kappa shape index (κ2) is 11.8. The first-order valence-corrected chi connectivity index (χ1v) is 15.7. The van der Waals surface area contributed by atoms with Gasteiger partial charge in [-0.05, 0) is 24.6 Å². The molecule has 0 spiro atoms. The third kappa shape index (κ3) is 5.46. The number of rotatable bonds is 12. The Morgan fingerprint density at radius 2 is 1.89 bits per heavy atom. The van der Waals surface area contributed by atoms with Gasteiger partial charge in [0, 0.05) is 26.4 Å². The standard InChI is InChI=1S/C25H42N6O5Si/c1-9-14-30-19-21(27-24(26)28-22(19)34-15-29(8)17(7)32)31(25(30)33)23-20(16(6)18(10-2)35-23)36-37(11-3,12-4)13-5/h9,16,18,20,23H,1,10-15H2,2-8H3,(H2,26,27,28)/t16-,18-,20?,23-/m1/s1. The summed E-state index contributed by atoms with van der Waals surface area (Å²) in [5.41, 5.74) is 6.42. The Morgan fingerprint density at radius 1 is 1.24 bits per heavy atom. The number of anilines is 1. The predicted octanol–water partition coefficient (Wildman–Crippen LogP) is 3.51. The normalized spacial score (nSPS) is 21.9. The summed E-state index contributed by atoms with van der Waals surface area (Å²) in [6.45, 7) is 16.1. The average molecular weight is 535 g/mol. The fourth-order valence-electron chi connectivity index (χ4n) is 5.02. The molecule has 0 aromatic carbocycles. The summed E-state index contributed by atoms with van der Waals surface area (Å²) < 4.78 is 22.4. The van der Waals surface area contributed by atoms with Gasteiger partial charge in [0.05, 0.1) is 12.2 Å². The van der Waals surface area contributed by atoms with E-state index in [1.807, 2.05) is 0 Å². The maximum atomic E-state index is 13.9. The molecule has 2 N–H and O–H groups in total. The first-order valence-electron chi connectivity index (χ1n) is 13.1. The minimum atomic E-state index is -2.03. The molecule has 1 unspecified atom stereocenters. The minimum absolute atomic E-state index is 0.0487. The summed E-state index contributed by atoms with van der Waals surface area (Å²) in [5.74, 6) is -0.0280. The van der Waals surface area contributed by atoms with Gasteiger partial charge in [-0.3, -0.25) is 9.36 Å². The molecule has 11 nitrogen and oxygen atoms in total. The summed E-state index contributed by atoms with van der Waals surface area (Å²) in [7, 11) is -0.421. The van der Waals surface area contributed by atoms with Gasteiger partial charge < -0.3 is 24.5 Å². The number of carbonyl (C=O) groups is 1. The number of carbonyl (C=O) groups excluding carboxylic acids is 1. The van der Waals surface area contributed by atoms with E-state index in [0.29, 0.717) is 11.2 Å². The lowest BCUT2D eigenvalue weighted by Gasteiger charge is -2.35. The Hall–Kier alpha value is -2.70. The molecule has 0 aliphatic carbocycles. The first kappa shape index (κ1) is 28.9. The van der Waals surface area contributed by atoms with Crippen LogP contribution in [0.2, 0.25) is 18.1 Å². The Balaban J connectivity index is 2.21. The monoisotopic (exact) mass is 534 g/mol. The quantitative estimate of drug-likeness (QED) is 0.249. The number of hydrogen-bond donors (Lipinski definition) is 1. The summed E-state index contributed by atoms with van der Waals surface area (Å²) in [6.07, 6.45) is 1.34. The second-order valence-corrected chi connectivity index (χ2v) is 14.5. The summed E-state index contributed by atoms with van der Waals surface area (Å²) in [6, 6.07) is 2.95. The first-order chi connectivity index (χ1) is 17.6. The van der Waals surface area contributed by atoms with Gasteiger partial charge in [0.25, 0.3) is 0 Å². The van der Waals surface area contributed by atoms with E-state index in [4.69, 9.17) is 19.6 Å². The van der Waals surface area contributed by atoms with Crippen molar-refractivity contribution in [1.82, 2.24) is 24.0 Å². The molecule has 1 aliphatic rings. The van der Waals surface area contributed by atoms with E-state index in [0.717, 1.165) is 24.6 Å². The van der Waals surface area contributed by atoms with Crippen LogP contribution in [0.25, 0.3) is 11.2 Å². The molecule has 3 rings (SSSR count). The van der Waals surface area contributed by atoms with Crippen LogP contribution in [0.5, 0.6) is 5.88 Å². The molecule has 37 heavy (non-hydrogen) atoms. The molecule has 1 fully saturated rings. The number of hydrogen-bond acceptors (Lipinski definition) is 8. The number of nitrogen functional groups attached to an aromatic ring is 1. The van der Waals surface area contributed by atoms with Crippen molar-refractivity contribution in [2.45, 2.75) is 91.1 Å². The molecule has 1 saturated heterocycles. The molecular formula is C25H42N6O5Si. The van der Waals surface area contributed by atoms with Crippen LogP contribution in [0, 0.1) is 5.92 Å². The van der Waals surface area contributed by atoms with Crippen molar-refractivity contribution in [3.8, 4) is 5.88 Å². The Kier molecular flexibility index (Phi) is 9.19. The molecule has 3 heterocycles. The van der Waals surface area contributed by atoms with E-state index in [2.05, 4.69) is 51.2 Å². The highest BCUT2D eigenvalue weighted by Crippen LogP contribution is 2.41. The third-order valence-electron chi connectivity index (χ3n) is 7.71. The van der Waals surface area contributed by atoms with Crippen molar-refractivity contribution in [2.24, 2.45) is 5.92 Å². The molecule has 206 valence electrons. The number of fused-ring (bicyclic) bond motifs is 1. The van der Waals surface area contributed by atoms with Gasteiger partial charge in [-0.15, -0.1) is 6.58 Å². The van der Waals surface area contributed by atoms with E-state index in [1.54, 1.807) is 13.1 Å². The van der Waals surface area contributed by atoms with Crippen LogP contribution in [0.1, 0.15) is 54.2 Å². The number of imidazole rings is 1. The van der Waals surface area contributed by atoms with Gasteiger partial charge >= 0.3 is 5.69 Å². The van der Waals surface area contributed by atoms with E-state index < -0.39 is 14.5 Å². The SMILES string of the molecule is C=CCn1c(=O)n([C@@H]2O[C@H](CC)[C@@H](C)C2O[Si](CC)(CC)CC)c2nc(N)nc(OCN(C)C(C)=O)c21. The zero-order valence-corrected chi connectivity index (χ0v) is 24.2. The highest BCUT2D eigenvalue weighted by atomic mass is 28.4. The van der Waals surface area contributed by atoms with E-state index in [9.17, 15) is 9.59 Å². The summed E-state index contributed by atoms with van der Waals surface area (Å²) >= 11 is 0. The molecule has 0 radical (unpaired) electrons. The molecular weight excluding hydrogens is 492 g/mol. The van der Waals surface area contributed by atoms with Gasteiger partial charge in [0.1, 0.15) is 0 Å². The molecule has 1 amide bonds. The number of nitrogens with zero attached hydrogens (tertiary/aromatic N) is 5. The van der Waals surface area contributed by atoms with Crippen LogP contribution < -0.4 is 16.2 Å². The smallest absolute Gasteiger partial charge is 0.333 e. The van der Waals surface area contributed by atoms with Gasteiger partial charge in [-0.2, -0.15) is 9.97 Å². The van der Waals surface area contributed by atoms with Gasteiger partial charge in [0.2, 0.25) is 17.7 Å². The predicted molar refractivity (Wildman–Crippen MR) is 146 cm³/mol.